The monoisotopic (exact) mass is 208 g/mol. The topological polar surface area (TPSA) is 26.3 Å². The van der Waals surface area contributed by atoms with Crippen LogP contribution in [0, 0.1) is 11.7 Å². The van der Waals surface area contributed by atoms with Crippen LogP contribution >= 0.6 is 0 Å². The molecule has 0 radical (unpaired) electrons. The highest BCUT2D eigenvalue weighted by atomic mass is 19.1. The highest BCUT2D eigenvalue weighted by Crippen LogP contribution is 2.27. The molecule has 0 aliphatic heterocycles. The molecule has 1 aromatic carbocycles. The maximum absolute atomic E-state index is 12.6. The summed E-state index contributed by atoms with van der Waals surface area (Å²) >= 11 is 0. The number of hydrogen-bond acceptors (Lipinski definition) is 2. The second kappa shape index (κ2) is 4.43. The lowest BCUT2D eigenvalue weighted by atomic mass is 10.1. The van der Waals surface area contributed by atoms with E-state index >= 15 is 0 Å². The number of rotatable bonds is 3. The van der Waals surface area contributed by atoms with Crippen molar-refractivity contribution < 1.29 is 13.9 Å². The van der Waals surface area contributed by atoms with Gasteiger partial charge in [-0.25, -0.2) is 4.39 Å². The molecule has 0 spiro atoms. The van der Waals surface area contributed by atoms with Gasteiger partial charge in [-0.3, -0.25) is 0 Å². The highest BCUT2D eigenvalue weighted by molar-refractivity contribution is 5.54. The summed E-state index contributed by atoms with van der Waals surface area (Å²) in [6, 6.07) is 5.98. The molecule has 2 atom stereocenters. The van der Waals surface area contributed by atoms with Crippen molar-refractivity contribution >= 4 is 6.29 Å². The molecule has 0 N–H and O–H groups in total. The average molecular weight is 208 g/mol. The van der Waals surface area contributed by atoms with Crippen LogP contribution in [0.2, 0.25) is 0 Å². The van der Waals surface area contributed by atoms with Crippen molar-refractivity contribution in [1.29, 1.82) is 0 Å². The molecule has 1 aliphatic carbocycles. The Morgan fingerprint density at radius 1 is 1.27 bits per heavy atom. The van der Waals surface area contributed by atoms with Gasteiger partial charge in [0.25, 0.3) is 0 Å². The van der Waals surface area contributed by atoms with Crippen molar-refractivity contribution in [3.8, 4) is 5.75 Å². The van der Waals surface area contributed by atoms with Gasteiger partial charge in [-0.2, -0.15) is 0 Å². The average Bonchev–Trinajstić information content (AvgIpc) is 2.69. The summed E-state index contributed by atoms with van der Waals surface area (Å²) in [6.07, 6.45) is 3.68. The van der Waals surface area contributed by atoms with Crippen LogP contribution in [0.3, 0.4) is 0 Å². The lowest BCUT2D eigenvalue weighted by Gasteiger charge is -2.12. The molecule has 1 aliphatic rings. The maximum atomic E-state index is 12.6. The summed E-state index contributed by atoms with van der Waals surface area (Å²) in [7, 11) is 0. The lowest BCUT2D eigenvalue weighted by Crippen LogP contribution is -2.12. The molecule has 15 heavy (non-hydrogen) atoms. The molecule has 2 rings (SSSR count). The van der Waals surface area contributed by atoms with E-state index in [1.165, 1.54) is 12.1 Å². The molecular weight excluding hydrogens is 195 g/mol. The third-order valence-corrected chi connectivity index (χ3v) is 2.73. The fourth-order valence-corrected chi connectivity index (χ4v) is 1.91. The number of carbonyl (C=O) groups is 1. The van der Waals surface area contributed by atoms with E-state index in [0.717, 1.165) is 25.5 Å². The minimum Gasteiger partial charge on any atom is -0.490 e. The Hall–Kier alpha value is -1.38. The van der Waals surface area contributed by atoms with E-state index in [1.54, 1.807) is 12.1 Å². The second-order valence-electron chi connectivity index (χ2n) is 3.90. The van der Waals surface area contributed by atoms with Gasteiger partial charge >= 0.3 is 0 Å². The Morgan fingerprint density at radius 3 is 2.60 bits per heavy atom. The normalized spacial score (nSPS) is 25.1. The molecule has 3 heteroatoms. The highest BCUT2D eigenvalue weighted by Gasteiger charge is 2.25. The SMILES string of the molecule is O=C[C@@H]1CC[C@H](Oc2ccc(F)cc2)C1. The summed E-state index contributed by atoms with van der Waals surface area (Å²) in [4.78, 5) is 10.5. The third-order valence-electron chi connectivity index (χ3n) is 2.73. The van der Waals surface area contributed by atoms with Crippen molar-refractivity contribution in [3.05, 3.63) is 30.1 Å². The number of benzene rings is 1. The maximum Gasteiger partial charge on any atom is 0.123 e. The zero-order valence-electron chi connectivity index (χ0n) is 8.36. The van der Waals surface area contributed by atoms with Gasteiger partial charge in [-0.1, -0.05) is 0 Å². The Labute approximate surface area is 88.1 Å². The van der Waals surface area contributed by atoms with E-state index in [0.29, 0.717) is 5.75 Å². The molecule has 0 saturated heterocycles. The van der Waals surface area contributed by atoms with Crippen LogP contribution in [-0.2, 0) is 4.79 Å². The van der Waals surface area contributed by atoms with E-state index in [9.17, 15) is 9.18 Å². The van der Waals surface area contributed by atoms with Gasteiger partial charge in [0, 0.05) is 5.92 Å². The van der Waals surface area contributed by atoms with E-state index < -0.39 is 0 Å². The molecule has 80 valence electrons. The second-order valence-corrected chi connectivity index (χ2v) is 3.90. The van der Waals surface area contributed by atoms with Gasteiger partial charge < -0.3 is 9.53 Å². The first kappa shape index (κ1) is 10.1. The molecule has 0 aromatic heterocycles. The van der Waals surface area contributed by atoms with Crippen LogP contribution in [0.4, 0.5) is 4.39 Å². The number of hydrogen-bond donors (Lipinski definition) is 0. The number of aldehydes is 1. The number of ether oxygens (including phenoxy) is 1. The van der Waals surface area contributed by atoms with Gasteiger partial charge in [-0.15, -0.1) is 0 Å². The number of halogens is 1. The summed E-state index contributed by atoms with van der Waals surface area (Å²) < 4.78 is 18.3. The summed E-state index contributed by atoms with van der Waals surface area (Å²) in [6.45, 7) is 0. The molecule has 0 bridgehead atoms. The van der Waals surface area contributed by atoms with Crippen LogP contribution in [-0.4, -0.2) is 12.4 Å². The predicted octanol–water partition coefficient (Wildman–Crippen LogP) is 2.57. The molecule has 1 saturated carbocycles. The molecular formula is C12H13FO2. The first-order valence-electron chi connectivity index (χ1n) is 5.15. The van der Waals surface area contributed by atoms with Crippen LogP contribution in [0.15, 0.2) is 24.3 Å². The third kappa shape index (κ3) is 2.55. The zero-order valence-corrected chi connectivity index (χ0v) is 8.36. The fourth-order valence-electron chi connectivity index (χ4n) is 1.91. The van der Waals surface area contributed by atoms with Crippen molar-refractivity contribution in [3.63, 3.8) is 0 Å². The van der Waals surface area contributed by atoms with Crippen LogP contribution in [0.5, 0.6) is 5.75 Å². The van der Waals surface area contributed by atoms with Crippen molar-refractivity contribution in [2.45, 2.75) is 25.4 Å². The van der Waals surface area contributed by atoms with E-state index in [4.69, 9.17) is 4.74 Å². The van der Waals surface area contributed by atoms with Gasteiger partial charge in [0.2, 0.25) is 0 Å². The van der Waals surface area contributed by atoms with Gasteiger partial charge in [0.15, 0.2) is 0 Å². The summed E-state index contributed by atoms with van der Waals surface area (Å²) in [5, 5.41) is 0. The van der Waals surface area contributed by atoms with E-state index in [2.05, 4.69) is 0 Å². The standard InChI is InChI=1S/C12H13FO2/c13-10-2-5-11(6-3-10)15-12-4-1-9(7-12)8-14/h2-3,5-6,8-9,12H,1,4,7H2/t9-,12+/m1/s1. The fraction of sp³-hybridized carbons (Fsp3) is 0.417. The van der Waals surface area contributed by atoms with E-state index in [-0.39, 0.29) is 17.8 Å². The van der Waals surface area contributed by atoms with Gasteiger partial charge in [-0.05, 0) is 43.5 Å². The summed E-state index contributed by atoms with van der Waals surface area (Å²) in [5.41, 5.74) is 0. The molecule has 2 nitrogen and oxygen atoms in total. The van der Waals surface area contributed by atoms with Crippen LogP contribution < -0.4 is 4.74 Å². The zero-order chi connectivity index (χ0) is 10.7. The molecule has 1 fully saturated rings. The number of carbonyl (C=O) groups excluding carboxylic acids is 1. The van der Waals surface area contributed by atoms with Gasteiger partial charge in [0.05, 0.1) is 6.10 Å². The van der Waals surface area contributed by atoms with Crippen LogP contribution in [0.25, 0.3) is 0 Å². The lowest BCUT2D eigenvalue weighted by molar-refractivity contribution is -0.111. The Kier molecular flexibility index (Phi) is 2.99. The van der Waals surface area contributed by atoms with Crippen LogP contribution in [0.1, 0.15) is 19.3 Å². The Bertz CT molecular complexity index is 334. The molecule has 1 aromatic rings. The van der Waals surface area contributed by atoms with Gasteiger partial charge in [0.1, 0.15) is 17.9 Å². The minimum atomic E-state index is -0.264. The summed E-state index contributed by atoms with van der Waals surface area (Å²) in [5.74, 6) is 0.544. The van der Waals surface area contributed by atoms with Crippen molar-refractivity contribution in [2.75, 3.05) is 0 Å². The minimum absolute atomic E-state index is 0.102. The largest absolute Gasteiger partial charge is 0.490 e. The Balaban J connectivity index is 1.92. The smallest absolute Gasteiger partial charge is 0.123 e. The first-order valence-corrected chi connectivity index (χ1v) is 5.15. The quantitative estimate of drug-likeness (QED) is 0.713. The predicted molar refractivity (Wildman–Crippen MR) is 54.2 cm³/mol. The van der Waals surface area contributed by atoms with Crippen molar-refractivity contribution in [2.24, 2.45) is 5.92 Å². The Morgan fingerprint density at radius 2 is 2.00 bits per heavy atom. The molecule has 0 unspecified atom stereocenters. The van der Waals surface area contributed by atoms with Crippen molar-refractivity contribution in [1.82, 2.24) is 0 Å². The molecule has 0 amide bonds. The first-order chi connectivity index (χ1) is 7.28. The van der Waals surface area contributed by atoms with E-state index in [1.807, 2.05) is 0 Å². The molecule has 0 heterocycles.